The number of amides is 1. The predicted octanol–water partition coefficient (Wildman–Crippen LogP) is 3.35. The van der Waals surface area contributed by atoms with Gasteiger partial charge in [0.05, 0.1) is 7.11 Å². The number of aryl methyl sites for hydroxylation is 1. The summed E-state index contributed by atoms with van der Waals surface area (Å²) in [6.07, 6.45) is 7.23. The lowest BCUT2D eigenvalue weighted by Crippen LogP contribution is -2.29. The van der Waals surface area contributed by atoms with Crippen LogP contribution < -0.4 is 10.1 Å². The van der Waals surface area contributed by atoms with E-state index in [1.54, 1.807) is 14.0 Å². The number of aromatic nitrogens is 1. The molecule has 7 heteroatoms. The number of hydrogen-bond donors (Lipinski definition) is 1. The predicted molar refractivity (Wildman–Crippen MR) is 95.8 cm³/mol. The fourth-order valence-corrected chi connectivity index (χ4v) is 2.59. The summed E-state index contributed by atoms with van der Waals surface area (Å²) < 4.78 is 10.8. The first-order chi connectivity index (χ1) is 12.6. The Hall–Kier alpha value is -3.14. The van der Waals surface area contributed by atoms with Crippen LogP contribution in [0, 0.1) is 19.3 Å². The van der Waals surface area contributed by atoms with E-state index in [4.69, 9.17) is 15.6 Å². The number of carbonyl (C=O) groups is 1. The van der Waals surface area contributed by atoms with Gasteiger partial charge in [-0.15, -0.1) is 12.3 Å². The molecule has 0 atom stereocenters. The van der Waals surface area contributed by atoms with E-state index in [1.807, 2.05) is 24.3 Å². The van der Waals surface area contributed by atoms with Crippen molar-refractivity contribution in [2.75, 3.05) is 13.7 Å². The van der Waals surface area contributed by atoms with Crippen molar-refractivity contribution in [2.24, 2.45) is 10.2 Å². The third kappa shape index (κ3) is 3.91. The maximum atomic E-state index is 12.4. The van der Waals surface area contributed by atoms with E-state index >= 15 is 0 Å². The Bertz CT molecular complexity index is 856. The first-order valence-electron chi connectivity index (χ1n) is 8.34. The number of rotatable bonds is 8. The fraction of sp³-hybridized carbons (Fsp3) is 0.368. The Balaban J connectivity index is 1.59. The van der Waals surface area contributed by atoms with E-state index < -0.39 is 5.66 Å². The van der Waals surface area contributed by atoms with Gasteiger partial charge in [0.25, 0.3) is 5.91 Å². The molecule has 0 saturated heterocycles. The van der Waals surface area contributed by atoms with E-state index in [9.17, 15) is 4.79 Å². The molecule has 2 aromatic rings. The maximum absolute atomic E-state index is 12.4. The van der Waals surface area contributed by atoms with Gasteiger partial charge in [0.15, 0.2) is 11.4 Å². The molecule has 2 heterocycles. The van der Waals surface area contributed by atoms with Gasteiger partial charge < -0.3 is 14.5 Å². The molecule has 1 N–H and O–H groups in total. The number of hydrogen-bond acceptors (Lipinski definition) is 6. The molecule has 0 radical (unpaired) electrons. The molecule has 1 aromatic heterocycles. The second-order valence-electron chi connectivity index (χ2n) is 6.04. The smallest absolute Gasteiger partial charge is 0.273 e. The lowest BCUT2D eigenvalue weighted by atomic mass is 10.0. The molecule has 0 saturated carbocycles. The molecular weight excluding hydrogens is 332 g/mol. The monoisotopic (exact) mass is 352 g/mol. The summed E-state index contributed by atoms with van der Waals surface area (Å²) >= 11 is 0. The lowest BCUT2D eigenvalue weighted by Gasteiger charge is -2.09. The molecule has 1 amide bonds. The van der Waals surface area contributed by atoms with Crippen LogP contribution in [0.4, 0.5) is 0 Å². The SMILES string of the molecule is C#CCCC1(CCNC(=O)c2nc(-c3ccc(OC)cc3)oc2C)N=N1. The van der Waals surface area contributed by atoms with Gasteiger partial charge >= 0.3 is 0 Å². The fourth-order valence-electron chi connectivity index (χ4n) is 2.59. The van der Waals surface area contributed by atoms with Crippen LogP contribution in [0.2, 0.25) is 0 Å². The minimum atomic E-state index is -0.410. The zero-order valence-electron chi connectivity index (χ0n) is 14.8. The quantitative estimate of drug-likeness (QED) is 0.738. The summed E-state index contributed by atoms with van der Waals surface area (Å²) in [6, 6.07) is 7.29. The van der Waals surface area contributed by atoms with Crippen molar-refractivity contribution < 1.29 is 13.9 Å². The summed E-state index contributed by atoms with van der Waals surface area (Å²) in [5, 5.41) is 10.9. The van der Waals surface area contributed by atoms with Crippen LogP contribution in [0.3, 0.4) is 0 Å². The number of nitrogens with zero attached hydrogens (tertiary/aromatic N) is 3. The number of nitrogens with one attached hydrogen (secondary N) is 1. The first kappa shape index (κ1) is 17.7. The van der Waals surface area contributed by atoms with Crippen molar-refractivity contribution in [3.05, 3.63) is 35.7 Å². The molecule has 0 aliphatic carbocycles. The van der Waals surface area contributed by atoms with Crippen molar-refractivity contribution >= 4 is 5.91 Å². The second-order valence-corrected chi connectivity index (χ2v) is 6.04. The molecule has 134 valence electrons. The number of ether oxygens (including phenoxy) is 1. The summed E-state index contributed by atoms with van der Waals surface area (Å²) in [5.74, 6) is 3.91. The van der Waals surface area contributed by atoms with Crippen LogP contribution >= 0.6 is 0 Å². The van der Waals surface area contributed by atoms with Crippen molar-refractivity contribution in [3.8, 4) is 29.5 Å². The Morgan fingerprint density at radius 3 is 2.65 bits per heavy atom. The largest absolute Gasteiger partial charge is 0.497 e. The second kappa shape index (κ2) is 7.40. The number of carbonyl (C=O) groups excluding carboxylic acids is 1. The normalized spacial score (nSPS) is 13.9. The van der Waals surface area contributed by atoms with Gasteiger partial charge in [0, 0.05) is 31.4 Å². The highest BCUT2D eigenvalue weighted by atomic mass is 16.5. The molecule has 26 heavy (non-hydrogen) atoms. The Morgan fingerprint density at radius 1 is 1.31 bits per heavy atom. The van der Waals surface area contributed by atoms with Crippen molar-refractivity contribution in [1.29, 1.82) is 0 Å². The zero-order chi connectivity index (χ0) is 18.6. The lowest BCUT2D eigenvalue weighted by molar-refractivity contribution is 0.0946. The topological polar surface area (TPSA) is 89.1 Å². The molecule has 1 aliphatic rings. The van der Waals surface area contributed by atoms with Gasteiger partial charge in [-0.25, -0.2) is 4.98 Å². The van der Waals surface area contributed by atoms with E-state index in [0.717, 1.165) is 11.3 Å². The Morgan fingerprint density at radius 2 is 2.04 bits per heavy atom. The van der Waals surface area contributed by atoms with Crippen LogP contribution in [-0.2, 0) is 0 Å². The highest BCUT2D eigenvalue weighted by Crippen LogP contribution is 2.36. The molecule has 7 nitrogen and oxygen atoms in total. The van der Waals surface area contributed by atoms with Gasteiger partial charge in [-0.05, 0) is 31.2 Å². The van der Waals surface area contributed by atoms with Gasteiger partial charge in [-0.1, -0.05) is 0 Å². The van der Waals surface area contributed by atoms with Crippen molar-refractivity contribution in [3.63, 3.8) is 0 Å². The molecule has 0 fully saturated rings. The standard InChI is InChI=1S/C19H20N4O3/c1-4-5-10-19(22-23-19)11-12-20-17(24)16-13(2)26-18(21-16)14-6-8-15(25-3)9-7-14/h1,6-9H,5,10-12H2,2-3H3,(H,20,24). The molecule has 0 spiro atoms. The highest BCUT2D eigenvalue weighted by Gasteiger charge is 2.38. The minimum absolute atomic E-state index is 0.276. The summed E-state index contributed by atoms with van der Waals surface area (Å²) in [4.78, 5) is 16.7. The third-order valence-corrected chi connectivity index (χ3v) is 4.21. The van der Waals surface area contributed by atoms with Gasteiger partial charge in [0.2, 0.25) is 5.89 Å². The molecule has 1 aliphatic heterocycles. The van der Waals surface area contributed by atoms with Gasteiger partial charge in [-0.3, -0.25) is 4.79 Å². The van der Waals surface area contributed by atoms with Crippen LogP contribution in [0.15, 0.2) is 38.9 Å². The molecule has 0 bridgehead atoms. The highest BCUT2D eigenvalue weighted by molar-refractivity contribution is 5.93. The molecule has 1 aromatic carbocycles. The summed E-state index contributed by atoms with van der Waals surface area (Å²) in [5.41, 5.74) is 0.641. The van der Waals surface area contributed by atoms with E-state index in [2.05, 4.69) is 26.4 Å². The van der Waals surface area contributed by atoms with Crippen LogP contribution in [0.5, 0.6) is 5.75 Å². The molecule has 0 unspecified atom stereocenters. The van der Waals surface area contributed by atoms with E-state index in [-0.39, 0.29) is 11.6 Å². The summed E-state index contributed by atoms with van der Waals surface area (Å²) in [6.45, 7) is 2.16. The van der Waals surface area contributed by atoms with Gasteiger partial charge in [0.1, 0.15) is 11.5 Å². The first-order valence-corrected chi connectivity index (χ1v) is 8.34. The average molecular weight is 352 g/mol. The maximum Gasteiger partial charge on any atom is 0.273 e. The van der Waals surface area contributed by atoms with E-state index in [1.165, 1.54) is 0 Å². The number of oxazole rings is 1. The number of benzene rings is 1. The Kier molecular flexibility index (Phi) is 5.03. The number of methoxy groups -OCH3 is 1. The third-order valence-electron chi connectivity index (χ3n) is 4.21. The number of terminal acetylenes is 1. The van der Waals surface area contributed by atoms with Crippen molar-refractivity contribution in [1.82, 2.24) is 10.3 Å². The van der Waals surface area contributed by atoms with Crippen LogP contribution in [0.25, 0.3) is 11.5 Å². The van der Waals surface area contributed by atoms with Crippen molar-refractivity contribution in [2.45, 2.75) is 31.8 Å². The average Bonchev–Trinajstić information content (AvgIpc) is 3.32. The van der Waals surface area contributed by atoms with E-state index in [0.29, 0.717) is 37.5 Å². The van der Waals surface area contributed by atoms with Gasteiger partial charge in [-0.2, -0.15) is 10.2 Å². The molecule has 3 rings (SSSR count). The van der Waals surface area contributed by atoms with Crippen LogP contribution in [0.1, 0.15) is 35.5 Å². The van der Waals surface area contributed by atoms with Crippen LogP contribution in [-0.4, -0.2) is 30.2 Å². The zero-order valence-corrected chi connectivity index (χ0v) is 14.8. The summed E-state index contributed by atoms with van der Waals surface area (Å²) in [7, 11) is 1.60. The molecular formula is C19H20N4O3. The minimum Gasteiger partial charge on any atom is -0.497 e. The Labute approximate surface area is 151 Å².